The molecule has 0 saturated carbocycles. The van der Waals surface area contributed by atoms with Crippen molar-refractivity contribution in [1.82, 2.24) is 0 Å². The first-order chi connectivity index (χ1) is 16.0. The summed E-state index contributed by atoms with van der Waals surface area (Å²) in [4.78, 5) is 34.3. The molecule has 176 valence electrons. The lowest BCUT2D eigenvalue weighted by atomic mass is 10.0. The van der Waals surface area contributed by atoms with E-state index in [0.717, 1.165) is 23.3 Å². The fourth-order valence-corrected chi connectivity index (χ4v) is 3.13. The summed E-state index contributed by atoms with van der Waals surface area (Å²) >= 11 is 0. The summed E-state index contributed by atoms with van der Waals surface area (Å²) in [5.74, 6) is -1.75. The van der Waals surface area contributed by atoms with Gasteiger partial charge in [-0.3, -0.25) is 19.7 Å². The second-order valence-corrected chi connectivity index (χ2v) is 7.35. The van der Waals surface area contributed by atoms with E-state index < -0.39 is 46.0 Å². The second kappa shape index (κ2) is 10.2. The summed E-state index contributed by atoms with van der Waals surface area (Å²) in [5.41, 5.74) is -0.245. The van der Waals surface area contributed by atoms with E-state index >= 15 is 0 Å². The Kier molecular flexibility index (Phi) is 7.30. The lowest BCUT2D eigenvalue weighted by molar-refractivity contribution is -0.385. The lowest BCUT2D eigenvalue weighted by Gasteiger charge is -2.17. The van der Waals surface area contributed by atoms with Gasteiger partial charge in [-0.05, 0) is 29.7 Å². The van der Waals surface area contributed by atoms with Crippen LogP contribution in [0.15, 0.2) is 72.8 Å². The van der Waals surface area contributed by atoms with Crippen molar-refractivity contribution < 1.29 is 32.4 Å². The van der Waals surface area contributed by atoms with Crippen molar-refractivity contribution in [3.8, 4) is 11.1 Å². The van der Waals surface area contributed by atoms with Crippen molar-refractivity contribution in [2.45, 2.75) is 25.6 Å². The maximum Gasteiger partial charge on any atom is 0.418 e. The SMILES string of the molecule is CC(OC(=O)Cc1ccc(-c2ccccc2)cc1)C(=O)Nc1ccc([N+](=O)[O-])cc1C(F)(F)F. The number of hydrogen-bond acceptors (Lipinski definition) is 5. The average molecular weight is 472 g/mol. The molecular formula is C24H19F3N2O5. The Labute approximate surface area is 192 Å². The highest BCUT2D eigenvalue weighted by Crippen LogP contribution is 2.37. The van der Waals surface area contributed by atoms with E-state index in [1.165, 1.54) is 6.92 Å². The van der Waals surface area contributed by atoms with Crippen LogP contribution in [-0.4, -0.2) is 22.9 Å². The Bertz CT molecular complexity index is 1200. The van der Waals surface area contributed by atoms with Crippen LogP contribution < -0.4 is 5.32 Å². The smallest absolute Gasteiger partial charge is 0.418 e. The summed E-state index contributed by atoms with van der Waals surface area (Å²) in [7, 11) is 0. The predicted octanol–water partition coefficient (Wildman–Crippen LogP) is 5.39. The van der Waals surface area contributed by atoms with Crippen LogP contribution in [-0.2, 0) is 26.9 Å². The molecule has 1 atom stereocenters. The summed E-state index contributed by atoms with van der Waals surface area (Å²) < 4.78 is 44.9. The van der Waals surface area contributed by atoms with E-state index in [1.807, 2.05) is 47.8 Å². The van der Waals surface area contributed by atoms with Crippen molar-refractivity contribution in [2.75, 3.05) is 5.32 Å². The largest absolute Gasteiger partial charge is 0.452 e. The molecule has 0 aliphatic rings. The number of nitro groups is 1. The minimum atomic E-state index is -4.94. The molecule has 3 aromatic rings. The molecule has 1 unspecified atom stereocenters. The van der Waals surface area contributed by atoms with E-state index in [4.69, 9.17) is 4.74 Å². The summed E-state index contributed by atoms with van der Waals surface area (Å²) in [5, 5.41) is 12.8. The summed E-state index contributed by atoms with van der Waals surface area (Å²) in [6.45, 7) is 1.21. The minimum absolute atomic E-state index is 0.141. The number of carbonyl (C=O) groups excluding carboxylic acids is 2. The molecule has 0 heterocycles. The number of rotatable bonds is 7. The van der Waals surface area contributed by atoms with Crippen molar-refractivity contribution >= 4 is 23.3 Å². The zero-order valence-electron chi connectivity index (χ0n) is 17.8. The molecule has 0 aromatic heterocycles. The van der Waals surface area contributed by atoms with Crippen LogP contribution in [0.3, 0.4) is 0 Å². The number of esters is 1. The molecular weight excluding hydrogens is 453 g/mol. The summed E-state index contributed by atoms with van der Waals surface area (Å²) in [6.07, 6.45) is -6.48. The van der Waals surface area contributed by atoms with E-state index in [9.17, 15) is 32.9 Å². The number of halogens is 3. The van der Waals surface area contributed by atoms with Gasteiger partial charge in [0.25, 0.3) is 11.6 Å². The molecule has 34 heavy (non-hydrogen) atoms. The second-order valence-electron chi connectivity index (χ2n) is 7.35. The van der Waals surface area contributed by atoms with E-state index in [-0.39, 0.29) is 6.42 Å². The molecule has 0 saturated heterocycles. The van der Waals surface area contributed by atoms with Gasteiger partial charge in [0.05, 0.1) is 22.6 Å². The zero-order valence-corrected chi connectivity index (χ0v) is 17.8. The number of amides is 1. The molecule has 0 bridgehead atoms. The molecule has 3 rings (SSSR count). The molecule has 0 aliphatic heterocycles. The zero-order chi connectivity index (χ0) is 24.9. The number of nitrogens with zero attached hydrogens (tertiary/aromatic N) is 1. The van der Waals surface area contributed by atoms with Gasteiger partial charge in [-0.15, -0.1) is 0 Å². The first-order valence-corrected chi connectivity index (χ1v) is 10.0. The first-order valence-electron chi connectivity index (χ1n) is 10.0. The van der Waals surface area contributed by atoms with E-state index in [1.54, 1.807) is 12.1 Å². The van der Waals surface area contributed by atoms with Crippen molar-refractivity contribution in [3.05, 3.63) is 94.0 Å². The Morgan fingerprint density at radius 2 is 1.62 bits per heavy atom. The number of carbonyl (C=O) groups is 2. The van der Waals surface area contributed by atoms with Crippen LogP contribution in [0.25, 0.3) is 11.1 Å². The Hall–Kier alpha value is -4.21. The lowest BCUT2D eigenvalue weighted by Crippen LogP contribution is -2.31. The number of alkyl halides is 3. The number of nitro benzene ring substituents is 1. The maximum atomic E-state index is 13.3. The van der Waals surface area contributed by atoms with Gasteiger partial charge >= 0.3 is 12.1 Å². The molecule has 3 aromatic carbocycles. The third-order valence-corrected chi connectivity index (χ3v) is 4.86. The fourth-order valence-electron chi connectivity index (χ4n) is 3.13. The van der Waals surface area contributed by atoms with Crippen LogP contribution in [0.2, 0.25) is 0 Å². The third kappa shape index (κ3) is 6.18. The van der Waals surface area contributed by atoms with Crippen LogP contribution in [0.4, 0.5) is 24.5 Å². The molecule has 0 aliphatic carbocycles. The van der Waals surface area contributed by atoms with Gasteiger partial charge in [-0.1, -0.05) is 54.6 Å². The first kappa shape index (κ1) is 24.4. The fraction of sp³-hybridized carbons (Fsp3) is 0.167. The number of nitrogens with one attached hydrogen (secondary N) is 1. The molecule has 0 spiro atoms. The van der Waals surface area contributed by atoms with Gasteiger partial charge in [0.15, 0.2) is 6.10 Å². The van der Waals surface area contributed by atoms with Crippen molar-refractivity contribution in [3.63, 3.8) is 0 Å². The van der Waals surface area contributed by atoms with Crippen LogP contribution in [0.1, 0.15) is 18.1 Å². The molecule has 0 fully saturated rings. The number of hydrogen-bond donors (Lipinski definition) is 1. The highest BCUT2D eigenvalue weighted by atomic mass is 19.4. The standard InChI is InChI=1S/C24H19F3N2O5/c1-15(23(31)28-21-12-11-19(29(32)33)14-20(21)24(25,26)27)34-22(30)13-16-7-9-18(10-8-16)17-5-3-2-4-6-17/h2-12,14-15H,13H2,1H3,(H,28,31). The third-order valence-electron chi connectivity index (χ3n) is 4.86. The van der Waals surface area contributed by atoms with Crippen molar-refractivity contribution in [1.29, 1.82) is 0 Å². The highest BCUT2D eigenvalue weighted by molar-refractivity contribution is 5.96. The number of anilines is 1. The van der Waals surface area contributed by atoms with Gasteiger partial charge in [0.2, 0.25) is 0 Å². The number of benzene rings is 3. The summed E-state index contributed by atoms with van der Waals surface area (Å²) in [6, 6.07) is 18.7. The molecule has 10 heteroatoms. The maximum absolute atomic E-state index is 13.3. The highest BCUT2D eigenvalue weighted by Gasteiger charge is 2.36. The molecule has 1 amide bonds. The number of non-ortho nitro benzene ring substituents is 1. The monoisotopic (exact) mass is 472 g/mol. The topological polar surface area (TPSA) is 98.5 Å². The van der Waals surface area contributed by atoms with Crippen LogP contribution in [0.5, 0.6) is 0 Å². The van der Waals surface area contributed by atoms with Gasteiger partial charge in [-0.25, -0.2) is 0 Å². The number of ether oxygens (including phenoxy) is 1. The van der Waals surface area contributed by atoms with Gasteiger partial charge in [0, 0.05) is 12.1 Å². The van der Waals surface area contributed by atoms with Crippen molar-refractivity contribution in [2.24, 2.45) is 0 Å². The average Bonchev–Trinajstić information content (AvgIpc) is 2.79. The minimum Gasteiger partial charge on any atom is -0.452 e. The van der Waals surface area contributed by atoms with E-state index in [2.05, 4.69) is 0 Å². The normalized spacial score (nSPS) is 12.0. The quantitative estimate of drug-likeness (QED) is 0.282. The Morgan fingerprint density at radius 1 is 1.00 bits per heavy atom. The molecule has 1 N–H and O–H groups in total. The van der Waals surface area contributed by atoms with Gasteiger partial charge in [-0.2, -0.15) is 13.2 Å². The molecule has 0 radical (unpaired) electrons. The van der Waals surface area contributed by atoms with Crippen LogP contribution in [0, 0.1) is 10.1 Å². The van der Waals surface area contributed by atoms with Gasteiger partial charge < -0.3 is 10.1 Å². The molecule has 7 nitrogen and oxygen atoms in total. The van der Waals surface area contributed by atoms with Crippen LogP contribution >= 0.6 is 0 Å². The Balaban J connectivity index is 1.62. The predicted molar refractivity (Wildman–Crippen MR) is 118 cm³/mol. The van der Waals surface area contributed by atoms with E-state index in [0.29, 0.717) is 11.6 Å². The van der Waals surface area contributed by atoms with Gasteiger partial charge in [0.1, 0.15) is 0 Å². The Morgan fingerprint density at radius 3 is 2.21 bits per heavy atom.